The summed E-state index contributed by atoms with van der Waals surface area (Å²) in [5, 5.41) is 2.95. The first-order valence-corrected chi connectivity index (χ1v) is 6.80. The molecule has 5 nitrogen and oxygen atoms in total. The molecule has 3 N–H and O–H groups in total. The largest absolute Gasteiger partial charge is 0.490 e. The van der Waals surface area contributed by atoms with Crippen molar-refractivity contribution >= 4 is 5.91 Å². The van der Waals surface area contributed by atoms with Gasteiger partial charge in [-0.3, -0.25) is 4.79 Å². The Morgan fingerprint density at radius 2 is 2.00 bits per heavy atom. The van der Waals surface area contributed by atoms with Gasteiger partial charge in [0.2, 0.25) is 5.91 Å². The van der Waals surface area contributed by atoms with Gasteiger partial charge in [0.15, 0.2) is 11.5 Å². The maximum absolute atomic E-state index is 11.5. The molecular formula is C15H24N2O3. The van der Waals surface area contributed by atoms with Crippen molar-refractivity contribution in [2.75, 3.05) is 13.7 Å². The molecule has 1 rings (SSSR count). The summed E-state index contributed by atoms with van der Waals surface area (Å²) < 4.78 is 11.4. The Labute approximate surface area is 120 Å². The zero-order valence-electron chi connectivity index (χ0n) is 12.6. The van der Waals surface area contributed by atoms with E-state index in [1.165, 1.54) is 0 Å². The number of primary amides is 1. The lowest BCUT2D eigenvalue weighted by Gasteiger charge is -2.29. The second kappa shape index (κ2) is 7.14. The summed E-state index contributed by atoms with van der Waals surface area (Å²) >= 11 is 0. The average molecular weight is 280 g/mol. The van der Waals surface area contributed by atoms with Crippen LogP contribution in [-0.2, 0) is 4.79 Å². The quantitative estimate of drug-likeness (QED) is 0.760. The van der Waals surface area contributed by atoms with Gasteiger partial charge >= 0.3 is 0 Å². The minimum absolute atomic E-state index is 0.179. The van der Waals surface area contributed by atoms with Gasteiger partial charge in [-0.1, -0.05) is 12.1 Å². The van der Waals surface area contributed by atoms with Gasteiger partial charge in [-0.25, -0.2) is 0 Å². The number of amides is 1. The second-order valence-corrected chi connectivity index (χ2v) is 4.96. The number of carbonyl (C=O) groups excluding carboxylic acids is 1. The monoisotopic (exact) mass is 280 g/mol. The van der Waals surface area contributed by atoms with Gasteiger partial charge in [0, 0.05) is 6.42 Å². The van der Waals surface area contributed by atoms with E-state index in [9.17, 15) is 4.79 Å². The maximum Gasteiger partial charge on any atom is 0.237 e. The third-order valence-electron chi connectivity index (χ3n) is 3.27. The van der Waals surface area contributed by atoms with Crippen molar-refractivity contribution in [1.29, 1.82) is 0 Å². The first-order chi connectivity index (χ1) is 9.42. The number of hydrogen-bond donors (Lipinski definition) is 2. The van der Waals surface area contributed by atoms with Crippen LogP contribution >= 0.6 is 0 Å². The fourth-order valence-electron chi connectivity index (χ4n) is 1.98. The first kappa shape index (κ1) is 16.3. The molecule has 2 atom stereocenters. The number of nitrogens with one attached hydrogen (secondary N) is 1. The van der Waals surface area contributed by atoms with Crippen LogP contribution in [0.3, 0.4) is 0 Å². The van der Waals surface area contributed by atoms with Crippen LogP contribution in [0, 0.1) is 0 Å². The molecule has 0 aliphatic heterocycles. The van der Waals surface area contributed by atoms with Gasteiger partial charge < -0.3 is 20.5 Å². The molecule has 1 aromatic carbocycles. The lowest BCUT2D eigenvalue weighted by Crippen LogP contribution is -2.53. The lowest BCUT2D eigenvalue weighted by atomic mass is 9.94. The average Bonchev–Trinajstić information content (AvgIpc) is 2.40. The molecule has 112 valence electrons. The zero-order chi connectivity index (χ0) is 15.2. The van der Waals surface area contributed by atoms with E-state index >= 15 is 0 Å². The smallest absolute Gasteiger partial charge is 0.237 e. The van der Waals surface area contributed by atoms with E-state index in [0.29, 0.717) is 24.5 Å². The van der Waals surface area contributed by atoms with Gasteiger partial charge in [0.05, 0.1) is 18.2 Å². The molecule has 1 amide bonds. The molecule has 2 unspecified atom stereocenters. The Morgan fingerprint density at radius 3 is 2.50 bits per heavy atom. The molecule has 0 bridgehead atoms. The highest BCUT2D eigenvalue weighted by Gasteiger charge is 2.31. The van der Waals surface area contributed by atoms with Crippen molar-refractivity contribution in [3.63, 3.8) is 0 Å². The van der Waals surface area contributed by atoms with Gasteiger partial charge in [-0.05, 0) is 40.0 Å². The van der Waals surface area contributed by atoms with Gasteiger partial charge in [-0.15, -0.1) is 0 Å². The molecular weight excluding hydrogens is 256 g/mol. The van der Waals surface area contributed by atoms with Gasteiger partial charge in [-0.2, -0.15) is 0 Å². The van der Waals surface area contributed by atoms with E-state index < -0.39 is 11.4 Å². The molecule has 0 spiro atoms. The molecule has 0 heterocycles. The van der Waals surface area contributed by atoms with Crippen LogP contribution in [0.1, 0.15) is 27.2 Å². The Hall–Kier alpha value is -1.75. The van der Waals surface area contributed by atoms with Crippen molar-refractivity contribution in [2.24, 2.45) is 5.73 Å². The SMILES string of the molecule is CCOc1ccccc1OC(C)CC(C)(NC)C(N)=O. The van der Waals surface area contributed by atoms with Crippen LogP contribution in [-0.4, -0.2) is 31.2 Å². The highest BCUT2D eigenvalue weighted by atomic mass is 16.5. The molecule has 0 aliphatic carbocycles. The molecule has 0 aliphatic rings. The van der Waals surface area contributed by atoms with E-state index in [-0.39, 0.29) is 6.10 Å². The van der Waals surface area contributed by atoms with E-state index in [1.54, 1.807) is 14.0 Å². The predicted octanol–water partition coefficient (Wildman–Crippen LogP) is 1.71. The number of benzene rings is 1. The van der Waals surface area contributed by atoms with Crippen molar-refractivity contribution in [3.8, 4) is 11.5 Å². The second-order valence-electron chi connectivity index (χ2n) is 4.96. The number of likely N-dealkylation sites (N-methyl/N-ethyl adjacent to an activating group) is 1. The molecule has 20 heavy (non-hydrogen) atoms. The zero-order valence-corrected chi connectivity index (χ0v) is 12.6. The van der Waals surface area contributed by atoms with Gasteiger partial charge in [0.1, 0.15) is 0 Å². The van der Waals surface area contributed by atoms with Crippen LogP contribution < -0.4 is 20.5 Å². The topological polar surface area (TPSA) is 73.6 Å². The molecule has 0 saturated carbocycles. The molecule has 1 aromatic rings. The number of nitrogens with two attached hydrogens (primary N) is 1. The summed E-state index contributed by atoms with van der Waals surface area (Å²) in [6.45, 7) is 6.17. The van der Waals surface area contributed by atoms with Crippen molar-refractivity contribution in [3.05, 3.63) is 24.3 Å². The first-order valence-electron chi connectivity index (χ1n) is 6.80. The summed E-state index contributed by atoms with van der Waals surface area (Å²) in [4.78, 5) is 11.5. The summed E-state index contributed by atoms with van der Waals surface area (Å²) in [5.41, 5.74) is 4.63. The van der Waals surface area contributed by atoms with Crippen molar-refractivity contribution in [1.82, 2.24) is 5.32 Å². The van der Waals surface area contributed by atoms with E-state index in [1.807, 2.05) is 38.1 Å². The molecule has 0 aromatic heterocycles. The summed E-state index contributed by atoms with van der Waals surface area (Å²) in [6, 6.07) is 7.49. The van der Waals surface area contributed by atoms with Gasteiger partial charge in [0.25, 0.3) is 0 Å². The summed E-state index contributed by atoms with van der Waals surface area (Å²) in [7, 11) is 1.71. The predicted molar refractivity (Wildman–Crippen MR) is 79.0 cm³/mol. The number of ether oxygens (including phenoxy) is 2. The standard InChI is InChI=1S/C15H24N2O3/c1-5-19-12-8-6-7-9-13(12)20-11(2)10-15(3,17-4)14(16)18/h6-9,11,17H,5,10H2,1-4H3,(H2,16,18). The normalized spacial score (nSPS) is 15.2. The maximum atomic E-state index is 11.5. The number of rotatable bonds is 8. The summed E-state index contributed by atoms with van der Waals surface area (Å²) in [6.07, 6.45) is 0.292. The molecule has 0 saturated heterocycles. The minimum atomic E-state index is -0.792. The van der Waals surface area contributed by atoms with Crippen LogP contribution in [0.4, 0.5) is 0 Å². The molecule has 0 radical (unpaired) electrons. The Morgan fingerprint density at radius 1 is 1.40 bits per heavy atom. The third-order valence-corrected chi connectivity index (χ3v) is 3.27. The highest BCUT2D eigenvalue weighted by molar-refractivity contribution is 5.84. The number of carbonyl (C=O) groups is 1. The number of para-hydroxylation sites is 2. The Balaban J connectivity index is 2.76. The highest BCUT2D eigenvalue weighted by Crippen LogP contribution is 2.28. The fourth-order valence-corrected chi connectivity index (χ4v) is 1.98. The van der Waals surface area contributed by atoms with Crippen LogP contribution in [0.15, 0.2) is 24.3 Å². The number of hydrogen-bond acceptors (Lipinski definition) is 4. The van der Waals surface area contributed by atoms with Crippen LogP contribution in [0.2, 0.25) is 0 Å². The minimum Gasteiger partial charge on any atom is -0.490 e. The fraction of sp³-hybridized carbons (Fsp3) is 0.533. The lowest BCUT2D eigenvalue weighted by molar-refractivity contribution is -0.124. The Bertz CT molecular complexity index is 450. The van der Waals surface area contributed by atoms with E-state index in [0.717, 1.165) is 0 Å². The summed E-state index contributed by atoms with van der Waals surface area (Å²) in [5.74, 6) is 0.977. The molecule has 5 heteroatoms. The van der Waals surface area contributed by atoms with Crippen molar-refractivity contribution in [2.45, 2.75) is 38.8 Å². The Kier molecular flexibility index (Phi) is 5.82. The van der Waals surface area contributed by atoms with Crippen molar-refractivity contribution < 1.29 is 14.3 Å². The van der Waals surface area contributed by atoms with E-state index in [2.05, 4.69) is 5.32 Å². The van der Waals surface area contributed by atoms with Crippen LogP contribution in [0.25, 0.3) is 0 Å². The third kappa shape index (κ3) is 4.13. The van der Waals surface area contributed by atoms with E-state index in [4.69, 9.17) is 15.2 Å². The van der Waals surface area contributed by atoms with Crippen LogP contribution in [0.5, 0.6) is 11.5 Å². The molecule has 0 fully saturated rings.